The topological polar surface area (TPSA) is 40.6 Å². The van der Waals surface area contributed by atoms with Gasteiger partial charge >= 0.3 is 0 Å². The molecule has 24 heavy (non-hydrogen) atoms. The Bertz CT molecular complexity index is 805. The van der Waals surface area contributed by atoms with Gasteiger partial charge < -0.3 is 0 Å². The summed E-state index contributed by atoms with van der Waals surface area (Å²) in [5.41, 5.74) is 1.26. The lowest BCUT2D eigenvalue weighted by Crippen LogP contribution is -2.23. The Labute approximate surface area is 147 Å². The molecule has 0 heterocycles. The van der Waals surface area contributed by atoms with Crippen LogP contribution < -0.4 is 0 Å². The molecule has 0 spiro atoms. The summed E-state index contributed by atoms with van der Waals surface area (Å²) in [7, 11) is 1.34. The molecule has 0 saturated heterocycles. The first-order valence-electron chi connectivity index (χ1n) is 7.34. The molecule has 0 fully saturated rings. The normalized spacial score (nSPS) is 12.1. The molecule has 0 aromatic heterocycles. The van der Waals surface area contributed by atoms with E-state index in [-0.39, 0.29) is 10.7 Å². The number of sulfonamides is 1. The van der Waals surface area contributed by atoms with Gasteiger partial charge in [-0.25, -0.2) is 17.1 Å². The number of benzene rings is 2. The van der Waals surface area contributed by atoms with Crippen LogP contribution in [-0.2, 0) is 23.1 Å². The molecule has 0 aliphatic rings. The van der Waals surface area contributed by atoms with E-state index in [1.807, 2.05) is 18.0 Å². The van der Waals surface area contributed by atoms with E-state index >= 15 is 0 Å². The summed E-state index contributed by atoms with van der Waals surface area (Å²) in [4.78, 5) is 2.12. The number of rotatable bonds is 6. The van der Waals surface area contributed by atoms with Gasteiger partial charge in [0.25, 0.3) is 0 Å². The zero-order chi connectivity index (χ0) is 17.9. The van der Waals surface area contributed by atoms with E-state index in [4.69, 9.17) is 11.6 Å². The van der Waals surface area contributed by atoms with Crippen molar-refractivity contribution < 1.29 is 12.8 Å². The second-order valence-electron chi connectivity index (χ2n) is 5.81. The van der Waals surface area contributed by atoms with E-state index < -0.39 is 10.0 Å². The summed E-state index contributed by atoms with van der Waals surface area (Å²) < 4.78 is 39.4. The fourth-order valence-electron chi connectivity index (χ4n) is 2.34. The Hall–Kier alpha value is -1.47. The van der Waals surface area contributed by atoms with Gasteiger partial charge in [0, 0.05) is 37.8 Å². The lowest BCUT2D eigenvalue weighted by Gasteiger charge is -2.19. The van der Waals surface area contributed by atoms with Crippen molar-refractivity contribution in [3.63, 3.8) is 0 Å². The van der Waals surface area contributed by atoms with Crippen LogP contribution in [0.3, 0.4) is 0 Å². The average molecular weight is 371 g/mol. The molecule has 0 radical (unpaired) electrons. The fourth-order valence-corrected chi connectivity index (χ4v) is 3.53. The zero-order valence-corrected chi connectivity index (χ0v) is 15.4. The van der Waals surface area contributed by atoms with Crippen molar-refractivity contribution in [2.24, 2.45) is 0 Å². The Morgan fingerprint density at radius 2 is 1.71 bits per heavy atom. The van der Waals surface area contributed by atoms with Crippen LogP contribution in [0.2, 0.25) is 5.02 Å². The van der Waals surface area contributed by atoms with Gasteiger partial charge in [-0.2, -0.15) is 0 Å². The molecule has 2 rings (SSSR count). The third-order valence-corrected chi connectivity index (χ3v) is 5.78. The monoisotopic (exact) mass is 370 g/mol. The van der Waals surface area contributed by atoms with Crippen LogP contribution in [0, 0.1) is 5.82 Å². The van der Waals surface area contributed by atoms with Crippen molar-refractivity contribution in [3.05, 3.63) is 64.4 Å². The molecule has 7 heteroatoms. The number of hydrogen-bond donors (Lipinski definition) is 0. The van der Waals surface area contributed by atoms with Crippen molar-refractivity contribution in [2.45, 2.75) is 18.0 Å². The summed E-state index contributed by atoms with van der Waals surface area (Å²) in [6.45, 7) is 0.803. The van der Waals surface area contributed by atoms with Gasteiger partial charge in [-0.05, 0) is 36.9 Å². The van der Waals surface area contributed by atoms with E-state index in [0.29, 0.717) is 23.7 Å². The summed E-state index contributed by atoms with van der Waals surface area (Å²) >= 11 is 6.04. The van der Waals surface area contributed by atoms with Crippen LogP contribution in [0.4, 0.5) is 4.39 Å². The summed E-state index contributed by atoms with van der Waals surface area (Å²) in [5.74, 6) is -0.349. The highest BCUT2D eigenvalue weighted by Crippen LogP contribution is 2.22. The van der Waals surface area contributed by atoms with Gasteiger partial charge in [-0.3, -0.25) is 4.90 Å². The van der Waals surface area contributed by atoms with Gasteiger partial charge in [0.05, 0.1) is 4.90 Å². The predicted octanol–water partition coefficient (Wildman–Crippen LogP) is 3.36. The van der Waals surface area contributed by atoms with Crippen LogP contribution in [-0.4, -0.2) is 38.8 Å². The quantitative estimate of drug-likeness (QED) is 0.782. The maximum Gasteiger partial charge on any atom is 0.242 e. The minimum Gasteiger partial charge on any atom is -0.298 e. The molecular weight excluding hydrogens is 351 g/mol. The maximum atomic E-state index is 13.9. The van der Waals surface area contributed by atoms with E-state index in [1.165, 1.54) is 24.5 Å². The molecule has 0 unspecified atom stereocenters. The van der Waals surface area contributed by atoms with Gasteiger partial charge in [-0.1, -0.05) is 29.8 Å². The van der Waals surface area contributed by atoms with Crippen molar-refractivity contribution >= 4 is 21.6 Å². The van der Waals surface area contributed by atoms with Crippen LogP contribution >= 0.6 is 11.6 Å². The van der Waals surface area contributed by atoms with Crippen molar-refractivity contribution in [3.8, 4) is 0 Å². The van der Waals surface area contributed by atoms with Crippen LogP contribution in [0.1, 0.15) is 11.1 Å². The summed E-state index contributed by atoms with van der Waals surface area (Å²) in [6, 6.07) is 11.3. The molecule has 0 aliphatic heterocycles. The first-order valence-corrected chi connectivity index (χ1v) is 9.16. The number of halogens is 2. The molecule has 2 aromatic carbocycles. The number of nitrogens with zero attached hydrogens (tertiary/aromatic N) is 2. The molecule has 0 aliphatic carbocycles. The predicted molar refractivity (Wildman–Crippen MR) is 93.9 cm³/mol. The van der Waals surface area contributed by atoms with Crippen LogP contribution in [0.25, 0.3) is 0 Å². The lowest BCUT2D eigenvalue weighted by molar-refractivity contribution is 0.313. The Balaban J connectivity index is 2.17. The minimum absolute atomic E-state index is 0.238. The smallest absolute Gasteiger partial charge is 0.242 e. The van der Waals surface area contributed by atoms with Gasteiger partial charge in [0.1, 0.15) is 5.82 Å². The minimum atomic E-state index is -3.47. The van der Waals surface area contributed by atoms with E-state index in [0.717, 1.165) is 5.56 Å². The largest absolute Gasteiger partial charge is 0.298 e. The van der Waals surface area contributed by atoms with Crippen molar-refractivity contribution in [1.29, 1.82) is 0 Å². The molecule has 2 aromatic rings. The highest BCUT2D eigenvalue weighted by Gasteiger charge is 2.17. The van der Waals surface area contributed by atoms with Gasteiger partial charge in [0.15, 0.2) is 0 Å². The standard InChI is InChI=1S/C17H20ClFN2O2S/c1-20(2)24(22,23)14-7-4-6-13(10-14)11-21(3)12-15-16(18)8-5-9-17(15)19/h4-10H,11-12H2,1-3H3. The third-order valence-electron chi connectivity index (χ3n) is 3.62. The third kappa shape index (κ3) is 4.33. The molecule has 0 bridgehead atoms. The number of hydrogen-bond acceptors (Lipinski definition) is 3. The maximum absolute atomic E-state index is 13.9. The first-order chi connectivity index (χ1) is 11.2. The molecule has 0 amide bonds. The Morgan fingerprint density at radius 1 is 1.04 bits per heavy atom. The molecule has 4 nitrogen and oxygen atoms in total. The van der Waals surface area contributed by atoms with Crippen LogP contribution in [0.15, 0.2) is 47.4 Å². The summed E-state index contributed by atoms with van der Waals surface area (Å²) in [6.07, 6.45) is 0. The second-order valence-corrected chi connectivity index (χ2v) is 8.37. The average Bonchev–Trinajstić information content (AvgIpc) is 2.51. The Kier molecular flexibility index (Phi) is 5.98. The highest BCUT2D eigenvalue weighted by molar-refractivity contribution is 7.89. The second kappa shape index (κ2) is 7.61. The van der Waals surface area contributed by atoms with E-state index in [9.17, 15) is 12.8 Å². The molecule has 0 N–H and O–H groups in total. The highest BCUT2D eigenvalue weighted by atomic mass is 35.5. The molecule has 0 saturated carbocycles. The SMILES string of the molecule is CN(Cc1cccc(S(=O)(=O)N(C)C)c1)Cc1c(F)cccc1Cl. The zero-order valence-electron chi connectivity index (χ0n) is 13.8. The molecule has 130 valence electrons. The van der Waals surface area contributed by atoms with Gasteiger partial charge in [0.2, 0.25) is 10.0 Å². The fraction of sp³-hybridized carbons (Fsp3) is 0.294. The first kappa shape index (κ1) is 18.9. The van der Waals surface area contributed by atoms with E-state index in [1.54, 1.807) is 30.3 Å². The lowest BCUT2D eigenvalue weighted by atomic mass is 10.1. The molecular formula is C17H20ClFN2O2S. The van der Waals surface area contributed by atoms with Crippen molar-refractivity contribution in [2.75, 3.05) is 21.1 Å². The van der Waals surface area contributed by atoms with Crippen LogP contribution in [0.5, 0.6) is 0 Å². The summed E-state index contributed by atoms with van der Waals surface area (Å²) in [5, 5.41) is 0.380. The molecule has 0 atom stereocenters. The Morgan fingerprint density at radius 3 is 2.33 bits per heavy atom. The van der Waals surface area contributed by atoms with E-state index in [2.05, 4.69) is 0 Å². The van der Waals surface area contributed by atoms with Gasteiger partial charge in [-0.15, -0.1) is 0 Å². The van der Waals surface area contributed by atoms with Crippen molar-refractivity contribution in [1.82, 2.24) is 9.21 Å².